The number of nitrogens with zero attached hydrogens (tertiary/aromatic N) is 5. The van der Waals surface area contributed by atoms with Gasteiger partial charge >= 0.3 is 6.09 Å². The molecular formula is C20H20FN7O3. The van der Waals surface area contributed by atoms with Crippen LogP contribution < -0.4 is 5.43 Å². The number of benzene rings is 1. The van der Waals surface area contributed by atoms with Crippen LogP contribution in [0.3, 0.4) is 0 Å². The molecular weight excluding hydrogens is 405 g/mol. The maximum absolute atomic E-state index is 13.6. The zero-order valence-corrected chi connectivity index (χ0v) is 17.0. The van der Waals surface area contributed by atoms with E-state index >= 15 is 0 Å². The van der Waals surface area contributed by atoms with E-state index in [0.29, 0.717) is 27.9 Å². The van der Waals surface area contributed by atoms with Gasteiger partial charge in [0.1, 0.15) is 22.7 Å². The highest BCUT2D eigenvalue weighted by atomic mass is 19.1. The Morgan fingerprint density at radius 2 is 2.13 bits per heavy atom. The molecule has 0 radical (unpaired) electrons. The molecule has 3 N–H and O–H groups in total. The van der Waals surface area contributed by atoms with Crippen molar-refractivity contribution in [2.24, 2.45) is 13.0 Å². The van der Waals surface area contributed by atoms with E-state index in [9.17, 15) is 19.1 Å². The van der Waals surface area contributed by atoms with Crippen molar-refractivity contribution in [2.75, 3.05) is 6.54 Å². The summed E-state index contributed by atoms with van der Waals surface area (Å²) in [6, 6.07) is 4.33. The second-order valence-electron chi connectivity index (χ2n) is 7.52. The van der Waals surface area contributed by atoms with Crippen LogP contribution in [-0.2, 0) is 7.05 Å². The van der Waals surface area contributed by atoms with Crippen molar-refractivity contribution in [2.45, 2.75) is 13.8 Å². The predicted octanol–water partition coefficient (Wildman–Crippen LogP) is 2.93. The monoisotopic (exact) mass is 425 g/mol. The minimum atomic E-state index is -1.26. The van der Waals surface area contributed by atoms with E-state index in [1.165, 1.54) is 24.5 Å². The highest BCUT2D eigenvalue weighted by molar-refractivity contribution is 6.05. The molecule has 0 atom stereocenters. The van der Waals surface area contributed by atoms with Crippen LogP contribution >= 0.6 is 0 Å². The number of fused-ring (bicyclic) bond motifs is 2. The third-order valence-electron chi connectivity index (χ3n) is 4.70. The van der Waals surface area contributed by atoms with Crippen LogP contribution in [0.25, 0.3) is 33.5 Å². The largest absolute Gasteiger partial charge is 0.464 e. The molecule has 4 aromatic rings. The number of nitrogens with one attached hydrogen (secondary N) is 2. The van der Waals surface area contributed by atoms with Gasteiger partial charge in [-0.05, 0) is 24.1 Å². The molecule has 10 nitrogen and oxygen atoms in total. The molecule has 0 bridgehead atoms. The van der Waals surface area contributed by atoms with Crippen LogP contribution in [0.2, 0.25) is 0 Å². The third-order valence-corrected chi connectivity index (χ3v) is 4.70. The summed E-state index contributed by atoms with van der Waals surface area (Å²) in [5.74, 6) is -0.987. The van der Waals surface area contributed by atoms with Crippen molar-refractivity contribution in [1.29, 1.82) is 0 Å². The third kappa shape index (κ3) is 3.77. The molecule has 0 fully saturated rings. The maximum atomic E-state index is 13.6. The summed E-state index contributed by atoms with van der Waals surface area (Å²) in [5.41, 5.74) is 4.65. The zero-order chi connectivity index (χ0) is 22.3. The fraction of sp³-hybridized carbons (Fsp3) is 0.250. The Kier molecular flexibility index (Phi) is 5.01. The average molecular weight is 425 g/mol. The first-order chi connectivity index (χ1) is 14.7. The summed E-state index contributed by atoms with van der Waals surface area (Å²) in [6.07, 6.45) is 1.67. The molecule has 2 amide bonds. The number of halogens is 1. The van der Waals surface area contributed by atoms with E-state index in [-0.39, 0.29) is 29.4 Å². The van der Waals surface area contributed by atoms with E-state index < -0.39 is 12.0 Å². The quantitative estimate of drug-likeness (QED) is 0.431. The summed E-state index contributed by atoms with van der Waals surface area (Å²) < 4.78 is 15.2. The molecule has 31 heavy (non-hydrogen) atoms. The van der Waals surface area contributed by atoms with Crippen LogP contribution in [-0.4, -0.2) is 53.4 Å². The van der Waals surface area contributed by atoms with Crippen molar-refractivity contribution in [3.05, 3.63) is 42.0 Å². The molecule has 0 saturated carbocycles. The Morgan fingerprint density at radius 3 is 2.84 bits per heavy atom. The molecule has 160 valence electrons. The second kappa shape index (κ2) is 7.67. The van der Waals surface area contributed by atoms with Crippen LogP contribution in [0.15, 0.2) is 30.6 Å². The Balaban J connectivity index is 1.73. The van der Waals surface area contributed by atoms with Crippen molar-refractivity contribution in [3.63, 3.8) is 0 Å². The minimum Gasteiger partial charge on any atom is -0.464 e. The maximum Gasteiger partial charge on any atom is 0.426 e. The Labute approximate surface area is 175 Å². The molecule has 0 unspecified atom stereocenters. The van der Waals surface area contributed by atoms with E-state index in [1.54, 1.807) is 17.8 Å². The lowest BCUT2D eigenvalue weighted by Gasteiger charge is -2.21. The molecule has 0 aliphatic heterocycles. The standard InChI is InChI=1S/C20H20FN7O3/c1-10(2)9-28(20(30)31)26-19(29)13-7-22-18-17(13)24-14(8-23-18)16-12-5-4-11(21)6-15(12)27(3)25-16/h4-8,10H,9H2,1-3H3,(H,22,23)(H,26,29)(H,30,31). The lowest BCUT2D eigenvalue weighted by molar-refractivity contribution is 0.0733. The number of aromatic nitrogens is 5. The van der Waals surface area contributed by atoms with Gasteiger partial charge in [-0.3, -0.25) is 14.9 Å². The summed E-state index contributed by atoms with van der Waals surface area (Å²) in [7, 11) is 1.70. The molecule has 0 aliphatic carbocycles. The van der Waals surface area contributed by atoms with Crippen LogP contribution in [0.1, 0.15) is 24.2 Å². The number of carbonyl (C=O) groups is 2. The topological polar surface area (TPSA) is 129 Å². The van der Waals surface area contributed by atoms with Crippen LogP contribution in [0, 0.1) is 11.7 Å². The highest BCUT2D eigenvalue weighted by Crippen LogP contribution is 2.28. The number of carbonyl (C=O) groups excluding carboxylic acids is 1. The van der Waals surface area contributed by atoms with Crippen molar-refractivity contribution in [1.82, 2.24) is 35.2 Å². The molecule has 4 rings (SSSR count). The van der Waals surface area contributed by atoms with Gasteiger partial charge in [-0.25, -0.2) is 24.2 Å². The van der Waals surface area contributed by atoms with Crippen LogP contribution in [0.5, 0.6) is 0 Å². The number of carboxylic acid groups (broad SMARTS) is 1. The first kappa shape index (κ1) is 20.3. The number of aryl methyl sites for hydroxylation is 1. The fourth-order valence-corrected chi connectivity index (χ4v) is 3.32. The van der Waals surface area contributed by atoms with Gasteiger partial charge in [0.25, 0.3) is 5.91 Å². The highest BCUT2D eigenvalue weighted by Gasteiger charge is 2.22. The summed E-state index contributed by atoms with van der Waals surface area (Å²) in [6.45, 7) is 3.82. The van der Waals surface area contributed by atoms with Gasteiger partial charge in [-0.2, -0.15) is 5.10 Å². The minimum absolute atomic E-state index is 0.0213. The lowest BCUT2D eigenvalue weighted by atomic mass is 10.1. The number of hydrazine groups is 1. The number of hydrogen-bond donors (Lipinski definition) is 3. The summed E-state index contributed by atoms with van der Waals surface area (Å²) in [5, 5.41) is 15.3. The molecule has 1 aromatic carbocycles. The van der Waals surface area contributed by atoms with Crippen LogP contribution in [0.4, 0.5) is 9.18 Å². The SMILES string of the molecule is CC(C)CN(NC(=O)c1c[nH]c2ncc(-c3nn(C)c4cc(F)ccc34)nc12)C(=O)O. The van der Waals surface area contributed by atoms with E-state index in [0.717, 1.165) is 5.01 Å². The number of hydrogen-bond acceptors (Lipinski definition) is 5. The first-order valence-corrected chi connectivity index (χ1v) is 9.52. The van der Waals surface area contributed by atoms with Gasteiger partial charge < -0.3 is 10.1 Å². The van der Waals surface area contributed by atoms with Gasteiger partial charge in [0.05, 0.1) is 17.3 Å². The number of aromatic amines is 1. The van der Waals surface area contributed by atoms with Gasteiger partial charge in [-0.15, -0.1) is 0 Å². The molecule has 3 heterocycles. The number of H-pyrrole nitrogens is 1. The van der Waals surface area contributed by atoms with E-state index in [2.05, 4.69) is 25.5 Å². The molecule has 3 aromatic heterocycles. The molecule has 0 aliphatic rings. The van der Waals surface area contributed by atoms with Crippen molar-refractivity contribution in [3.8, 4) is 11.4 Å². The Bertz CT molecular complexity index is 1310. The molecule has 0 spiro atoms. The number of rotatable bonds is 4. The molecule has 11 heteroatoms. The Morgan fingerprint density at radius 1 is 1.35 bits per heavy atom. The first-order valence-electron chi connectivity index (χ1n) is 9.52. The van der Waals surface area contributed by atoms with Crippen molar-refractivity contribution >= 4 is 34.1 Å². The average Bonchev–Trinajstić information content (AvgIpc) is 3.27. The van der Waals surface area contributed by atoms with Gasteiger partial charge in [0.2, 0.25) is 0 Å². The van der Waals surface area contributed by atoms with Gasteiger partial charge in [0.15, 0.2) is 5.65 Å². The predicted molar refractivity (Wildman–Crippen MR) is 111 cm³/mol. The van der Waals surface area contributed by atoms with Crippen molar-refractivity contribution < 1.29 is 19.1 Å². The lowest BCUT2D eigenvalue weighted by Crippen LogP contribution is -2.47. The summed E-state index contributed by atoms with van der Waals surface area (Å²) in [4.78, 5) is 35.9. The molecule has 0 saturated heterocycles. The Hall–Kier alpha value is -4.02. The van der Waals surface area contributed by atoms with E-state index in [4.69, 9.17) is 0 Å². The normalized spacial score (nSPS) is 11.4. The van der Waals surface area contributed by atoms with E-state index in [1.807, 2.05) is 13.8 Å². The second-order valence-corrected chi connectivity index (χ2v) is 7.52. The van der Waals surface area contributed by atoms with Gasteiger partial charge in [0, 0.05) is 25.2 Å². The number of amides is 2. The van der Waals surface area contributed by atoms with Gasteiger partial charge in [-0.1, -0.05) is 13.8 Å². The fourth-order valence-electron chi connectivity index (χ4n) is 3.32. The summed E-state index contributed by atoms with van der Waals surface area (Å²) >= 11 is 0. The smallest absolute Gasteiger partial charge is 0.426 e. The zero-order valence-electron chi connectivity index (χ0n) is 17.0.